The predicted octanol–water partition coefficient (Wildman–Crippen LogP) is 4.46. The summed E-state index contributed by atoms with van der Waals surface area (Å²) in [6, 6.07) is 9.55. The van der Waals surface area contributed by atoms with E-state index >= 15 is 0 Å². The molecule has 0 saturated carbocycles. The van der Waals surface area contributed by atoms with Crippen LogP contribution in [0.1, 0.15) is 5.56 Å². The number of benzene rings is 2. The van der Waals surface area contributed by atoms with Crippen LogP contribution in [0.15, 0.2) is 36.4 Å². The lowest BCUT2D eigenvalue weighted by atomic mass is 10.1. The first-order valence-electron chi connectivity index (χ1n) is 7.36. The molecule has 0 unspecified atom stereocenters. The van der Waals surface area contributed by atoms with Gasteiger partial charge in [-0.05, 0) is 29.8 Å². The van der Waals surface area contributed by atoms with Crippen LogP contribution >= 0.6 is 23.2 Å². The number of nitrogens with one attached hydrogen (secondary N) is 1. The van der Waals surface area contributed by atoms with Crippen molar-refractivity contribution in [3.63, 3.8) is 0 Å². The molecule has 0 aliphatic carbocycles. The van der Waals surface area contributed by atoms with Gasteiger partial charge in [-0.1, -0.05) is 35.3 Å². The molecule has 0 spiro atoms. The average Bonchev–Trinajstić information content (AvgIpc) is 2.54. The van der Waals surface area contributed by atoms with Crippen LogP contribution in [0, 0.1) is 5.82 Å². The van der Waals surface area contributed by atoms with Crippen LogP contribution in [-0.4, -0.2) is 25.8 Å². The van der Waals surface area contributed by atoms with Crippen molar-refractivity contribution in [2.45, 2.75) is 12.5 Å². The van der Waals surface area contributed by atoms with Gasteiger partial charge in [0.1, 0.15) is 17.3 Å². The van der Waals surface area contributed by atoms with Crippen LogP contribution in [0.5, 0.6) is 11.5 Å². The Morgan fingerprint density at radius 3 is 2.83 bits per heavy atom. The summed E-state index contributed by atoms with van der Waals surface area (Å²) in [5, 5.41) is 3.97. The predicted molar refractivity (Wildman–Crippen MR) is 89.2 cm³/mol. The van der Waals surface area contributed by atoms with Crippen molar-refractivity contribution in [2.75, 3.05) is 19.7 Å². The number of hydrogen-bond donors (Lipinski definition) is 1. The highest BCUT2D eigenvalue weighted by Crippen LogP contribution is 2.37. The van der Waals surface area contributed by atoms with E-state index in [4.69, 9.17) is 32.7 Å². The SMILES string of the molecule is Fc1ccc(Oc2c(Cl)cccc2C[C@H]2CNCCO2)c(Cl)c1. The summed E-state index contributed by atoms with van der Waals surface area (Å²) >= 11 is 12.3. The van der Waals surface area contributed by atoms with Crippen LogP contribution in [-0.2, 0) is 11.2 Å². The van der Waals surface area contributed by atoms with Gasteiger partial charge in [-0.3, -0.25) is 0 Å². The van der Waals surface area contributed by atoms with E-state index in [1.807, 2.05) is 12.1 Å². The molecule has 1 N–H and O–H groups in total. The molecule has 1 aliphatic rings. The molecule has 3 nitrogen and oxygen atoms in total. The maximum atomic E-state index is 13.2. The first kappa shape index (κ1) is 16.5. The van der Waals surface area contributed by atoms with Crippen LogP contribution in [0.4, 0.5) is 4.39 Å². The van der Waals surface area contributed by atoms with Gasteiger partial charge in [0, 0.05) is 19.5 Å². The summed E-state index contributed by atoms with van der Waals surface area (Å²) in [7, 11) is 0. The third kappa shape index (κ3) is 4.15. The van der Waals surface area contributed by atoms with E-state index in [1.165, 1.54) is 18.2 Å². The normalized spacial score (nSPS) is 18.0. The summed E-state index contributed by atoms with van der Waals surface area (Å²) in [5.74, 6) is 0.477. The summed E-state index contributed by atoms with van der Waals surface area (Å²) < 4.78 is 24.8. The molecule has 6 heteroatoms. The van der Waals surface area contributed by atoms with Gasteiger partial charge < -0.3 is 14.8 Å². The molecular weight excluding hydrogens is 340 g/mol. The third-order valence-corrected chi connectivity index (χ3v) is 4.20. The zero-order valence-corrected chi connectivity index (χ0v) is 13.8. The largest absolute Gasteiger partial charge is 0.454 e. The Morgan fingerprint density at radius 2 is 2.09 bits per heavy atom. The highest BCUT2D eigenvalue weighted by Gasteiger charge is 2.18. The van der Waals surface area contributed by atoms with Crippen molar-refractivity contribution in [3.05, 3.63) is 57.8 Å². The maximum Gasteiger partial charge on any atom is 0.149 e. The van der Waals surface area contributed by atoms with E-state index in [-0.39, 0.29) is 11.1 Å². The first-order valence-corrected chi connectivity index (χ1v) is 8.11. The molecule has 0 bridgehead atoms. The highest BCUT2D eigenvalue weighted by molar-refractivity contribution is 6.33. The fourth-order valence-corrected chi connectivity index (χ4v) is 2.93. The lowest BCUT2D eigenvalue weighted by molar-refractivity contribution is 0.0290. The highest BCUT2D eigenvalue weighted by atomic mass is 35.5. The molecule has 1 saturated heterocycles. The van der Waals surface area contributed by atoms with Crippen molar-refractivity contribution in [3.8, 4) is 11.5 Å². The topological polar surface area (TPSA) is 30.5 Å². The molecule has 1 aliphatic heterocycles. The van der Waals surface area contributed by atoms with Gasteiger partial charge in [-0.25, -0.2) is 4.39 Å². The minimum absolute atomic E-state index is 0.0632. The van der Waals surface area contributed by atoms with Crippen molar-refractivity contribution in [1.82, 2.24) is 5.32 Å². The molecule has 122 valence electrons. The number of para-hydroxylation sites is 1. The molecule has 1 fully saturated rings. The zero-order valence-electron chi connectivity index (χ0n) is 12.3. The Hall–Kier alpha value is -1.33. The average molecular weight is 356 g/mol. The van der Waals surface area contributed by atoms with Gasteiger partial charge in [-0.15, -0.1) is 0 Å². The Morgan fingerprint density at radius 1 is 1.22 bits per heavy atom. The van der Waals surface area contributed by atoms with Crippen molar-refractivity contribution in [1.29, 1.82) is 0 Å². The molecule has 1 heterocycles. The molecule has 2 aromatic rings. The van der Waals surface area contributed by atoms with Gasteiger partial charge in [0.25, 0.3) is 0 Å². The van der Waals surface area contributed by atoms with Crippen molar-refractivity contribution >= 4 is 23.2 Å². The Kier molecular flexibility index (Phi) is 5.38. The molecule has 3 rings (SSSR count). The molecule has 23 heavy (non-hydrogen) atoms. The fourth-order valence-electron chi connectivity index (χ4n) is 2.49. The second kappa shape index (κ2) is 7.49. The van der Waals surface area contributed by atoms with E-state index in [2.05, 4.69) is 5.32 Å². The van der Waals surface area contributed by atoms with E-state index in [0.29, 0.717) is 29.5 Å². The van der Waals surface area contributed by atoms with Crippen LogP contribution in [0.2, 0.25) is 10.0 Å². The van der Waals surface area contributed by atoms with Gasteiger partial charge in [0.15, 0.2) is 0 Å². The molecule has 0 aromatic heterocycles. The summed E-state index contributed by atoms with van der Waals surface area (Å²) in [5.41, 5.74) is 0.923. The van der Waals surface area contributed by atoms with Crippen molar-refractivity contribution in [2.24, 2.45) is 0 Å². The minimum Gasteiger partial charge on any atom is -0.454 e. The number of halogens is 3. The van der Waals surface area contributed by atoms with Crippen LogP contribution in [0.3, 0.4) is 0 Å². The lowest BCUT2D eigenvalue weighted by Crippen LogP contribution is -2.39. The van der Waals surface area contributed by atoms with E-state index < -0.39 is 5.82 Å². The zero-order chi connectivity index (χ0) is 16.2. The Bertz CT molecular complexity index is 690. The maximum absolute atomic E-state index is 13.2. The smallest absolute Gasteiger partial charge is 0.149 e. The summed E-state index contributed by atoms with van der Waals surface area (Å²) in [4.78, 5) is 0. The minimum atomic E-state index is -0.414. The lowest BCUT2D eigenvalue weighted by Gasteiger charge is -2.24. The van der Waals surface area contributed by atoms with Gasteiger partial charge >= 0.3 is 0 Å². The van der Waals surface area contributed by atoms with Gasteiger partial charge in [0.05, 0.1) is 22.8 Å². The van der Waals surface area contributed by atoms with E-state index in [1.54, 1.807) is 6.07 Å². The Balaban J connectivity index is 1.85. The standard InChI is InChI=1S/C17H16Cl2FNO2/c18-14-3-1-2-11(8-13-10-21-6-7-22-13)17(14)23-16-5-4-12(20)9-15(16)19/h1-5,9,13,21H,6-8,10H2/t13-/m0/s1. The molecular formula is C17H16Cl2FNO2. The molecule has 1 atom stereocenters. The summed E-state index contributed by atoms with van der Waals surface area (Å²) in [6.45, 7) is 2.33. The number of morpholine rings is 1. The van der Waals surface area contributed by atoms with E-state index in [9.17, 15) is 4.39 Å². The summed E-state index contributed by atoms with van der Waals surface area (Å²) in [6.07, 6.45) is 0.732. The van der Waals surface area contributed by atoms with Gasteiger partial charge in [-0.2, -0.15) is 0 Å². The second-order valence-electron chi connectivity index (χ2n) is 5.31. The quantitative estimate of drug-likeness (QED) is 0.878. The molecule has 0 amide bonds. The van der Waals surface area contributed by atoms with Gasteiger partial charge in [0.2, 0.25) is 0 Å². The third-order valence-electron chi connectivity index (χ3n) is 3.61. The Labute approximate surface area is 144 Å². The monoisotopic (exact) mass is 355 g/mol. The van der Waals surface area contributed by atoms with Crippen LogP contribution < -0.4 is 10.1 Å². The first-order chi connectivity index (χ1) is 11.1. The van der Waals surface area contributed by atoms with Crippen LogP contribution in [0.25, 0.3) is 0 Å². The number of rotatable bonds is 4. The number of ether oxygens (including phenoxy) is 2. The number of hydrogen-bond acceptors (Lipinski definition) is 3. The van der Waals surface area contributed by atoms with Crippen molar-refractivity contribution < 1.29 is 13.9 Å². The second-order valence-corrected chi connectivity index (χ2v) is 6.12. The van der Waals surface area contributed by atoms with E-state index in [0.717, 1.165) is 18.7 Å². The molecule has 0 radical (unpaired) electrons. The molecule has 2 aromatic carbocycles. The fraction of sp³-hybridized carbons (Fsp3) is 0.294.